The van der Waals surface area contributed by atoms with Gasteiger partial charge in [-0.25, -0.2) is 0 Å². The first-order valence-corrected chi connectivity index (χ1v) is 9.54. The first kappa shape index (κ1) is 19.7. The summed E-state index contributed by atoms with van der Waals surface area (Å²) in [5.74, 6) is 1.35. The summed E-state index contributed by atoms with van der Waals surface area (Å²) >= 11 is 0. The molecule has 2 atom stereocenters. The number of benzene rings is 1. The lowest BCUT2D eigenvalue weighted by molar-refractivity contribution is 0.645. The summed E-state index contributed by atoms with van der Waals surface area (Å²) in [5, 5.41) is 6.61. The smallest absolute Gasteiger partial charge is 0.191 e. The lowest BCUT2D eigenvalue weighted by atomic mass is 10.1. The molecule has 0 bridgehead atoms. The van der Waals surface area contributed by atoms with Crippen LogP contribution in [0.3, 0.4) is 0 Å². The zero-order chi connectivity index (χ0) is 17.5. The lowest BCUT2D eigenvalue weighted by Crippen LogP contribution is -2.41. The fraction of sp³-hybridized carbons (Fsp3) is 0.611. The first-order chi connectivity index (χ1) is 10.8. The third kappa shape index (κ3) is 6.73. The molecule has 2 N–H and O–H groups in total. The van der Waals surface area contributed by atoms with E-state index in [1.807, 2.05) is 20.8 Å². The minimum Gasteiger partial charge on any atom is -0.355 e. The van der Waals surface area contributed by atoms with E-state index < -0.39 is 10.8 Å². The van der Waals surface area contributed by atoms with E-state index in [-0.39, 0.29) is 10.8 Å². The zero-order valence-electron chi connectivity index (χ0n) is 15.3. The Labute approximate surface area is 143 Å². The van der Waals surface area contributed by atoms with E-state index in [2.05, 4.69) is 53.7 Å². The Morgan fingerprint density at radius 2 is 1.87 bits per heavy atom. The number of hydrogen-bond donors (Lipinski definition) is 2. The van der Waals surface area contributed by atoms with Gasteiger partial charge in [-0.3, -0.25) is 9.20 Å². The molecule has 0 aromatic heterocycles. The van der Waals surface area contributed by atoms with Gasteiger partial charge in [-0.05, 0) is 45.2 Å². The Kier molecular flexibility index (Phi) is 7.76. The van der Waals surface area contributed by atoms with Crippen LogP contribution in [0.15, 0.2) is 29.3 Å². The third-order valence-electron chi connectivity index (χ3n) is 3.73. The normalized spacial score (nSPS) is 15.1. The van der Waals surface area contributed by atoms with E-state index in [0.29, 0.717) is 12.3 Å². The van der Waals surface area contributed by atoms with Crippen molar-refractivity contribution in [3.8, 4) is 0 Å². The zero-order valence-corrected chi connectivity index (χ0v) is 16.1. The summed E-state index contributed by atoms with van der Waals surface area (Å²) in [6.45, 7) is 10.9. The van der Waals surface area contributed by atoms with Crippen LogP contribution >= 0.6 is 0 Å². The highest BCUT2D eigenvalue weighted by molar-refractivity contribution is 7.86. The van der Waals surface area contributed by atoms with Gasteiger partial charge >= 0.3 is 0 Å². The molecule has 0 aliphatic carbocycles. The van der Waals surface area contributed by atoms with Gasteiger partial charge in [0.05, 0.1) is 6.04 Å². The van der Waals surface area contributed by atoms with E-state index in [1.165, 1.54) is 11.1 Å². The van der Waals surface area contributed by atoms with Gasteiger partial charge < -0.3 is 10.6 Å². The topological polar surface area (TPSA) is 53.5 Å². The van der Waals surface area contributed by atoms with Crippen LogP contribution < -0.4 is 10.6 Å². The molecule has 130 valence electrons. The predicted octanol–water partition coefficient (Wildman–Crippen LogP) is 3.02. The molecule has 0 amide bonds. The number of aliphatic imine (C=N–C) groups is 1. The van der Waals surface area contributed by atoms with Crippen molar-refractivity contribution in [3.63, 3.8) is 0 Å². The van der Waals surface area contributed by atoms with Crippen molar-refractivity contribution < 1.29 is 4.21 Å². The number of nitrogens with one attached hydrogen (secondary N) is 2. The molecule has 0 spiro atoms. The van der Waals surface area contributed by atoms with Crippen molar-refractivity contribution in [2.75, 3.05) is 19.3 Å². The van der Waals surface area contributed by atoms with Gasteiger partial charge in [0.1, 0.15) is 0 Å². The standard InChI is InChI=1S/C18H31N3OS/c1-7-15-8-10-16(11-9-15)14(2)21-17(19-6)20-12-13-23(22)18(3,4)5/h8-11,14H,7,12-13H2,1-6H3,(H2,19,20,21). The van der Waals surface area contributed by atoms with Crippen LogP contribution in [0.2, 0.25) is 0 Å². The van der Waals surface area contributed by atoms with Gasteiger partial charge in [0, 0.05) is 34.9 Å². The fourth-order valence-corrected chi connectivity index (χ4v) is 2.99. The first-order valence-electron chi connectivity index (χ1n) is 8.22. The Bertz CT molecular complexity index is 532. The predicted molar refractivity (Wildman–Crippen MR) is 101 cm³/mol. The highest BCUT2D eigenvalue weighted by Crippen LogP contribution is 2.13. The van der Waals surface area contributed by atoms with E-state index in [0.717, 1.165) is 12.4 Å². The van der Waals surface area contributed by atoms with Gasteiger partial charge in [-0.2, -0.15) is 0 Å². The monoisotopic (exact) mass is 337 g/mol. The van der Waals surface area contributed by atoms with Crippen molar-refractivity contribution in [2.45, 2.75) is 51.8 Å². The molecule has 0 radical (unpaired) electrons. The largest absolute Gasteiger partial charge is 0.355 e. The van der Waals surface area contributed by atoms with E-state index in [9.17, 15) is 4.21 Å². The lowest BCUT2D eigenvalue weighted by Gasteiger charge is -2.20. The van der Waals surface area contributed by atoms with Crippen LogP contribution in [0.4, 0.5) is 0 Å². The molecule has 4 nitrogen and oxygen atoms in total. The van der Waals surface area contributed by atoms with Gasteiger partial charge in [-0.1, -0.05) is 31.2 Å². The van der Waals surface area contributed by atoms with Crippen LogP contribution in [-0.4, -0.2) is 34.3 Å². The van der Waals surface area contributed by atoms with E-state index >= 15 is 0 Å². The van der Waals surface area contributed by atoms with Crippen molar-refractivity contribution in [2.24, 2.45) is 4.99 Å². The molecule has 1 aromatic rings. The SMILES string of the molecule is CCc1ccc(C(C)NC(=NC)NCCS(=O)C(C)(C)C)cc1. The van der Waals surface area contributed by atoms with Crippen molar-refractivity contribution in [3.05, 3.63) is 35.4 Å². The summed E-state index contributed by atoms with van der Waals surface area (Å²) < 4.78 is 11.9. The Balaban J connectivity index is 2.51. The highest BCUT2D eigenvalue weighted by atomic mass is 32.2. The van der Waals surface area contributed by atoms with E-state index in [1.54, 1.807) is 7.05 Å². The van der Waals surface area contributed by atoms with Gasteiger partial charge in [0.2, 0.25) is 0 Å². The highest BCUT2D eigenvalue weighted by Gasteiger charge is 2.18. The molecule has 0 saturated heterocycles. The van der Waals surface area contributed by atoms with Crippen molar-refractivity contribution >= 4 is 16.8 Å². The summed E-state index contributed by atoms with van der Waals surface area (Å²) in [4.78, 5) is 4.24. The fourth-order valence-electron chi connectivity index (χ4n) is 2.09. The van der Waals surface area contributed by atoms with E-state index in [4.69, 9.17) is 0 Å². The average molecular weight is 338 g/mol. The third-order valence-corrected chi connectivity index (χ3v) is 5.67. The van der Waals surface area contributed by atoms with Crippen LogP contribution in [-0.2, 0) is 17.2 Å². The van der Waals surface area contributed by atoms with Crippen LogP contribution in [0, 0.1) is 0 Å². The van der Waals surface area contributed by atoms with Gasteiger partial charge in [0.25, 0.3) is 0 Å². The molecule has 0 saturated carbocycles. The second kappa shape index (κ2) is 9.06. The number of rotatable bonds is 6. The Morgan fingerprint density at radius 1 is 1.26 bits per heavy atom. The number of aryl methyl sites for hydroxylation is 1. The molecule has 0 heterocycles. The maximum atomic E-state index is 12.0. The minimum absolute atomic E-state index is 0.167. The summed E-state index contributed by atoms with van der Waals surface area (Å²) in [5.41, 5.74) is 2.57. The summed E-state index contributed by atoms with van der Waals surface area (Å²) in [6.07, 6.45) is 1.05. The Morgan fingerprint density at radius 3 is 2.35 bits per heavy atom. The maximum Gasteiger partial charge on any atom is 0.191 e. The Hall–Kier alpha value is -1.36. The number of nitrogens with zero attached hydrogens (tertiary/aromatic N) is 1. The van der Waals surface area contributed by atoms with Crippen molar-refractivity contribution in [1.82, 2.24) is 10.6 Å². The average Bonchev–Trinajstić information content (AvgIpc) is 2.52. The number of hydrogen-bond acceptors (Lipinski definition) is 2. The second-order valence-corrected chi connectivity index (χ2v) is 8.95. The minimum atomic E-state index is -0.853. The molecular formula is C18H31N3OS. The second-order valence-electron chi connectivity index (χ2n) is 6.62. The molecule has 0 aliphatic rings. The maximum absolute atomic E-state index is 12.0. The van der Waals surface area contributed by atoms with Crippen LogP contribution in [0.5, 0.6) is 0 Å². The van der Waals surface area contributed by atoms with Gasteiger partial charge in [-0.15, -0.1) is 0 Å². The summed E-state index contributed by atoms with van der Waals surface area (Å²) in [7, 11) is 0.899. The molecule has 2 unspecified atom stereocenters. The molecule has 0 aliphatic heterocycles. The molecule has 5 heteroatoms. The molecule has 1 rings (SSSR count). The molecule has 23 heavy (non-hydrogen) atoms. The van der Waals surface area contributed by atoms with Gasteiger partial charge in [0.15, 0.2) is 5.96 Å². The summed E-state index contributed by atoms with van der Waals surface area (Å²) in [6, 6.07) is 8.80. The quantitative estimate of drug-likeness (QED) is 0.620. The molecule has 1 aromatic carbocycles. The molecule has 0 fully saturated rings. The molecular weight excluding hydrogens is 306 g/mol. The van der Waals surface area contributed by atoms with Crippen LogP contribution in [0.25, 0.3) is 0 Å². The van der Waals surface area contributed by atoms with Crippen LogP contribution in [0.1, 0.15) is 51.8 Å². The van der Waals surface area contributed by atoms with Crippen molar-refractivity contribution in [1.29, 1.82) is 0 Å². The number of guanidine groups is 1.